The van der Waals surface area contributed by atoms with Gasteiger partial charge >= 0.3 is 0 Å². The first-order chi connectivity index (χ1) is 9.35. The van der Waals surface area contributed by atoms with Crippen molar-refractivity contribution in [3.63, 3.8) is 0 Å². The molecule has 2 aromatic rings. The van der Waals surface area contributed by atoms with Crippen molar-refractivity contribution < 1.29 is 5.11 Å². The largest absolute Gasteiger partial charge is 0.390 e. The number of aliphatic hydroxyl groups excluding tert-OH is 1. The summed E-state index contributed by atoms with van der Waals surface area (Å²) in [5.74, 6) is 0.784. The second-order valence-electron chi connectivity index (χ2n) is 4.37. The molecule has 0 saturated carbocycles. The highest BCUT2D eigenvalue weighted by atomic mass is 16.3. The highest BCUT2D eigenvalue weighted by Gasteiger charge is 2.10. The number of benzene rings is 1. The monoisotopic (exact) mass is 257 g/mol. The molecule has 1 heterocycles. The number of nitrogens with zero attached hydrogens (tertiary/aromatic N) is 3. The van der Waals surface area contributed by atoms with Crippen LogP contribution in [0.4, 0.5) is 11.5 Å². The molecule has 0 spiro atoms. The van der Waals surface area contributed by atoms with E-state index in [9.17, 15) is 0 Å². The van der Waals surface area contributed by atoms with Crippen LogP contribution in [-0.4, -0.2) is 21.6 Å². The van der Waals surface area contributed by atoms with Crippen LogP contribution in [0.25, 0.3) is 0 Å². The number of aliphatic hydroxyl groups is 1. The summed E-state index contributed by atoms with van der Waals surface area (Å²) in [5.41, 5.74) is 1.69. The molecule has 0 aliphatic carbocycles. The summed E-state index contributed by atoms with van der Waals surface area (Å²) >= 11 is 0. The van der Waals surface area contributed by atoms with Crippen LogP contribution >= 0.6 is 0 Å². The molecule has 0 unspecified atom stereocenters. The molecule has 0 amide bonds. The van der Waals surface area contributed by atoms with Crippen LogP contribution in [0.1, 0.15) is 25.5 Å². The van der Waals surface area contributed by atoms with Gasteiger partial charge in [0.25, 0.3) is 0 Å². The maximum atomic E-state index is 9.17. The van der Waals surface area contributed by atoms with Gasteiger partial charge in [-0.2, -0.15) is 0 Å². The Morgan fingerprint density at radius 1 is 1.16 bits per heavy atom. The molecule has 0 aliphatic rings. The van der Waals surface area contributed by atoms with Crippen molar-refractivity contribution in [1.82, 2.24) is 9.97 Å². The van der Waals surface area contributed by atoms with Gasteiger partial charge in [-0.25, -0.2) is 4.98 Å². The Kier molecular flexibility index (Phi) is 4.86. The van der Waals surface area contributed by atoms with E-state index in [1.54, 1.807) is 12.4 Å². The lowest BCUT2D eigenvalue weighted by Crippen LogP contribution is -2.20. The molecule has 0 atom stereocenters. The average molecular weight is 257 g/mol. The zero-order valence-corrected chi connectivity index (χ0v) is 11.2. The molecular formula is C15H19N3O. The number of hydrogen-bond acceptors (Lipinski definition) is 4. The minimum absolute atomic E-state index is 0.0861. The van der Waals surface area contributed by atoms with E-state index in [2.05, 4.69) is 33.9 Å². The summed E-state index contributed by atoms with van der Waals surface area (Å²) in [7, 11) is 0. The van der Waals surface area contributed by atoms with Crippen LogP contribution in [0.15, 0.2) is 42.7 Å². The minimum Gasteiger partial charge on any atom is -0.390 e. The van der Waals surface area contributed by atoms with E-state index in [0.29, 0.717) is 5.69 Å². The summed E-state index contributed by atoms with van der Waals surface area (Å²) in [5, 5.41) is 9.17. The predicted molar refractivity (Wildman–Crippen MR) is 76.3 cm³/mol. The molecule has 0 saturated heterocycles. The zero-order chi connectivity index (χ0) is 13.5. The van der Waals surface area contributed by atoms with Gasteiger partial charge in [0, 0.05) is 12.2 Å². The Balaban J connectivity index is 2.31. The predicted octanol–water partition coefficient (Wildman–Crippen LogP) is 2.91. The third-order valence-corrected chi connectivity index (χ3v) is 2.91. The van der Waals surface area contributed by atoms with Gasteiger partial charge in [0.1, 0.15) is 0 Å². The molecule has 0 fully saturated rings. The molecule has 0 bridgehead atoms. The molecule has 1 N–H and O–H groups in total. The maximum Gasteiger partial charge on any atom is 0.151 e. The Morgan fingerprint density at radius 2 is 1.95 bits per heavy atom. The molecule has 0 radical (unpaired) electrons. The Hall–Kier alpha value is -1.94. The lowest BCUT2D eigenvalue weighted by Gasteiger charge is -2.23. The molecule has 1 aromatic carbocycles. The molecule has 19 heavy (non-hydrogen) atoms. The van der Waals surface area contributed by atoms with Crippen molar-refractivity contribution in [2.24, 2.45) is 0 Å². The van der Waals surface area contributed by atoms with E-state index in [1.165, 1.54) is 0 Å². The van der Waals surface area contributed by atoms with Gasteiger partial charge in [-0.15, -0.1) is 0 Å². The fourth-order valence-corrected chi connectivity index (χ4v) is 1.90. The highest BCUT2D eigenvalue weighted by molar-refractivity contribution is 5.58. The van der Waals surface area contributed by atoms with Gasteiger partial charge in [-0.1, -0.05) is 31.5 Å². The van der Waals surface area contributed by atoms with E-state index in [4.69, 9.17) is 5.11 Å². The Bertz CT molecular complexity index is 502. The van der Waals surface area contributed by atoms with Gasteiger partial charge in [-0.05, 0) is 18.6 Å². The summed E-state index contributed by atoms with van der Waals surface area (Å²) < 4.78 is 0. The van der Waals surface area contributed by atoms with E-state index in [1.807, 2.05) is 18.2 Å². The van der Waals surface area contributed by atoms with Crippen LogP contribution in [0.3, 0.4) is 0 Å². The fourth-order valence-electron chi connectivity index (χ4n) is 1.90. The first-order valence-corrected chi connectivity index (χ1v) is 6.59. The average Bonchev–Trinajstić information content (AvgIpc) is 2.49. The molecule has 2 rings (SSSR count). The quantitative estimate of drug-likeness (QED) is 0.864. The van der Waals surface area contributed by atoms with Gasteiger partial charge < -0.3 is 10.0 Å². The number of para-hydroxylation sites is 1. The summed E-state index contributed by atoms with van der Waals surface area (Å²) in [4.78, 5) is 10.7. The van der Waals surface area contributed by atoms with Gasteiger partial charge in [0.05, 0.1) is 24.7 Å². The lowest BCUT2D eigenvalue weighted by atomic mass is 10.2. The number of hydrogen-bond donors (Lipinski definition) is 1. The Morgan fingerprint density at radius 3 is 2.63 bits per heavy atom. The number of unbranched alkanes of at least 4 members (excludes halogenated alkanes) is 1. The van der Waals surface area contributed by atoms with E-state index in [-0.39, 0.29) is 6.61 Å². The van der Waals surface area contributed by atoms with Crippen LogP contribution in [-0.2, 0) is 6.61 Å². The number of rotatable bonds is 6. The first-order valence-electron chi connectivity index (χ1n) is 6.59. The van der Waals surface area contributed by atoms with Crippen LogP contribution in [0.5, 0.6) is 0 Å². The highest BCUT2D eigenvalue weighted by Crippen LogP contribution is 2.23. The molecule has 4 heteroatoms. The normalized spacial score (nSPS) is 10.4. The van der Waals surface area contributed by atoms with E-state index < -0.39 is 0 Å². The third kappa shape index (κ3) is 3.51. The maximum absolute atomic E-state index is 9.17. The van der Waals surface area contributed by atoms with Gasteiger partial charge in [0.2, 0.25) is 0 Å². The topological polar surface area (TPSA) is 49.2 Å². The van der Waals surface area contributed by atoms with Crippen LogP contribution in [0.2, 0.25) is 0 Å². The van der Waals surface area contributed by atoms with Crippen molar-refractivity contribution >= 4 is 11.5 Å². The van der Waals surface area contributed by atoms with Gasteiger partial charge in [-0.3, -0.25) is 4.98 Å². The minimum atomic E-state index is -0.0861. The SMILES string of the molecule is CCCCN(c1ccccc1)c1cncc(CO)n1. The van der Waals surface area contributed by atoms with Gasteiger partial charge in [0.15, 0.2) is 5.82 Å². The first kappa shape index (κ1) is 13.5. The zero-order valence-electron chi connectivity index (χ0n) is 11.2. The van der Waals surface area contributed by atoms with Crippen LogP contribution in [0, 0.1) is 0 Å². The molecule has 4 nitrogen and oxygen atoms in total. The van der Waals surface area contributed by atoms with E-state index in [0.717, 1.165) is 30.9 Å². The lowest BCUT2D eigenvalue weighted by molar-refractivity contribution is 0.276. The summed E-state index contributed by atoms with van der Waals surface area (Å²) in [6, 6.07) is 10.1. The molecule has 1 aromatic heterocycles. The van der Waals surface area contributed by atoms with Crippen LogP contribution < -0.4 is 4.90 Å². The standard InChI is InChI=1S/C15H19N3O/c1-2-3-9-18(14-7-5-4-6-8-14)15-11-16-10-13(12-19)17-15/h4-8,10-11,19H,2-3,9,12H2,1H3. The fraction of sp³-hybridized carbons (Fsp3) is 0.333. The Labute approximate surface area is 113 Å². The van der Waals surface area contributed by atoms with Crippen molar-refractivity contribution in [3.8, 4) is 0 Å². The summed E-state index contributed by atoms with van der Waals surface area (Å²) in [6.45, 7) is 2.97. The number of aromatic nitrogens is 2. The summed E-state index contributed by atoms with van der Waals surface area (Å²) in [6.07, 6.45) is 5.53. The smallest absolute Gasteiger partial charge is 0.151 e. The van der Waals surface area contributed by atoms with Crippen molar-refractivity contribution in [2.75, 3.05) is 11.4 Å². The molecule has 100 valence electrons. The number of anilines is 2. The van der Waals surface area contributed by atoms with E-state index >= 15 is 0 Å². The third-order valence-electron chi connectivity index (χ3n) is 2.91. The molecule has 0 aliphatic heterocycles. The molecular weight excluding hydrogens is 238 g/mol. The van der Waals surface area contributed by atoms with Crippen molar-refractivity contribution in [2.45, 2.75) is 26.4 Å². The van der Waals surface area contributed by atoms with Crippen molar-refractivity contribution in [1.29, 1.82) is 0 Å². The second kappa shape index (κ2) is 6.85. The second-order valence-corrected chi connectivity index (χ2v) is 4.37. The van der Waals surface area contributed by atoms with Crippen molar-refractivity contribution in [3.05, 3.63) is 48.4 Å².